The van der Waals surface area contributed by atoms with E-state index in [1.165, 1.54) is 19.1 Å². The van der Waals surface area contributed by atoms with Crippen LogP contribution >= 0.6 is 23.1 Å². The largest absolute Gasteiger partial charge is 0.493 e. The molecule has 1 heterocycles. The first kappa shape index (κ1) is 29.2. The van der Waals surface area contributed by atoms with Gasteiger partial charge in [-0.2, -0.15) is 4.37 Å². The fraction of sp³-hybridized carbons (Fsp3) is 0.357. The van der Waals surface area contributed by atoms with Crippen LogP contribution in [0.25, 0.3) is 0 Å². The van der Waals surface area contributed by atoms with E-state index in [1.54, 1.807) is 42.5 Å². The molecular weight excluding hydrogens is 554 g/mol. The number of halogens is 1. The Labute approximate surface area is 241 Å². The summed E-state index contributed by atoms with van der Waals surface area (Å²) in [6.07, 6.45) is 4.86. The summed E-state index contributed by atoms with van der Waals surface area (Å²) in [5.74, 6) is -0.941. The molecular formula is C28H32ClN5O5S. The Morgan fingerprint density at radius 3 is 2.42 bits per heavy atom. The molecule has 10 nitrogen and oxygen atoms in total. The summed E-state index contributed by atoms with van der Waals surface area (Å²) in [6, 6.07) is 11.0. The Balaban J connectivity index is 1.85. The summed E-state index contributed by atoms with van der Waals surface area (Å²) < 4.78 is 14.9. The Morgan fingerprint density at radius 1 is 1.10 bits per heavy atom. The topological polar surface area (TPSA) is 150 Å². The van der Waals surface area contributed by atoms with Crippen LogP contribution in [0.3, 0.4) is 0 Å². The van der Waals surface area contributed by atoms with E-state index in [0.717, 1.165) is 43.6 Å². The quantitative estimate of drug-likeness (QED) is 0.320. The summed E-state index contributed by atoms with van der Waals surface area (Å²) in [5, 5.41) is 3.58. The van der Waals surface area contributed by atoms with Gasteiger partial charge in [-0.25, -0.2) is 0 Å². The molecule has 0 bridgehead atoms. The highest BCUT2D eigenvalue weighted by molar-refractivity contribution is 7.09. The molecule has 1 fully saturated rings. The molecule has 4 rings (SSSR count). The van der Waals surface area contributed by atoms with Crippen LogP contribution < -0.4 is 26.3 Å². The van der Waals surface area contributed by atoms with Crippen LogP contribution in [0.1, 0.15) is 69.4 Å². The number of hydrogen-bond acceptors (Lipinski definition) is 8. The second-order valence-electron chi connectivity index (χ2n) is 9.52. The number of carbonyl (C=O) groups excluding carboxylic acids is 3. The van der Waals surface area contributed by atoms with Crippen molar-refractivity contribution in [2.24, 2.45) is 5.73 Å². The number of nitrogens with one attached hydrogen (secondary N) is 1. The van der Waals surface area contributed by atoms with E-state index in [4.69, 9.17) is 32.5 Å². The zero-order valence-electron chi connectivity index (χ0n) is 22.3. The van der Waals surface area contributed by atoms with Gasteiger partial charge in [-0.15, -0.1) is 0 Å². The van der Waals surface area contributed by atoms with E-state index in [-0.39, 0.29) is 34.8 Å². The number of carbonyl (C=O) groups is 3. The third-order valence-corrected chi connectivity index (χ3v) is 8.17. The van der Waals surface area contributed by atoms with E-state index in [9.17, 15) is 14.4 Å². The number of nitrogen functional groups attached to an aromatic ring is 1. The molecule has 0 unspecified atom stereocenters. The number of methoxy groups -OCH3 is 2. The molecule has 1 atom stereocenters. The third-order valence-electron chi connectivity index (χ3n) is 6.95. The number of nitrogens with two attached hydrogens (primary N) is 2. The minimum absolute atomic E-state index is 0.00297. The monoisotopic (exact) mass is 585 g/mol. The Bertz CT molecular complexity index is 1390. The first-order chi connectivity index (χ1) is 19.2. The zero-order chi connectivity index (χ0) is 28.8. The van der Waals surface area contributed by atoms with Gasteiger partial charge in [-0.1, -0.05) is 55.1 Å². The summed E-state index contributed by atoms with van der Waals surface area (Å²) in [5.41, 5.74) is 12.3. The van der Waals surface area contributed by atoms with Gasteiger partial charge in [0.2, 0.25) is 5.91 Å². The minimum Gasteiger partial charge on any atom is -0.493 e. The number of anilines is 1. The molecule has 1 aliphatic rings. The zero-order valence-corrected chi connectivity index (χ0v) is 23.9. The number of nitrogens with zero attached hydrogens (tertiary/aromatic N) is 2. The molecule has 1 aromatic heterocycles. The van der Waals surface area contributed by atoms with Gasteiger partial charge in [0.05, 0.1) is 19.9 Å². The summed E-state index contributed by atoms with van der Waals surface area (Å²) in [7, 11) is 3.01. The average molecular weight is 586 g/mol. The van der Waals surface area contributed by atoms with E-state index in [0.29, 0.717) is 27.6 Å². The first-order valence-electron chi connectivity index (χ1n) is 12.9. The number of aromatic nitrogens is 1. The van der Waals surface area contributed by atoms with Crippen LogP contribution in [0.5, 0.6) is 11.5 Å². The lowest BCUT2D eigenvalue weighted by molar-refractivity contribution is -0.127. The number of amides is 3. The van der Waals surface area contributed by atoms with Crippen molar-refractivity contribution in [3.63, 3.8) is 0 Å². The lowest BCUT2D eigenvalue weighted by Gasteiger charge is -2.33. The smallest absolute Gasteiger partial charge is 0.270 e. The van der Waals surface area contributed by atoms with Crippen molar-refractivity contribution in [1.82, 2.24) is 14.6 Å². The number of hydrogen-bond donors (Lipinski definition) is 3. The number of ether oxygens (including phenoxy) is 2. The second kappa shape index (κ2) is 13.0. The molecule has 0 radical (unpaired) electrons. The van der Waals surface area contributed by atoms with Crippen LogP contribution in [0.15, 0.2) is 42.5 Å². The van der Waals surface area contributed by atoms with Crippen LogP contribution in [-0.4, -0.2) is 47.3 Å². The van der Waals surface area contributed by atoms with Crippen LogP contribution in [-0.2, 0) is 11.3 Å². The lowest BCUT2D eigenvalue weighted by atomic mass is 9.94. The maximum Gasteiger partial charge on any atom is 0.270 e. The van der Waals surface area contributed by atoms with Crippen LogP contribution in [0.4, 0.5) is 5.69 Å². The van der Waals surface area contributed by atoms with Crippen molar-refractivity contribution >= 4 is 46.5 Å². The molecule has 1 saturated carbocycles. The molecule has 0 spiro atoms. The van der Waals surface area contributed by atoms with Gasteiger partial charge in [0.25, 0.3) is 11.8 Å². The predicted octanol–water partition coefficient (Wildman–Crippen LogP) is 4.33. The summed E-state index contributed by atoms with van der Waals surface area (Å²) >= 11 is 7.25. The number of rotatable bonds is 10. The van der Waals surface area contributed by atoms with E-state index in [2.05, 4.69) is 9.69 Å². The summed E-state index contributed by atoms with van der Waals surface area (Å²) in [6.45, 7) is -0.0289. The molecule has 40 heavy (non-hydrogen) atoms. The first-order valence-corrected chi connectivity index (χ1v) is 14.0. The Kier molecular flexibility index (Phi) is 9.49. The molecule has 0 aliphatic heterocycles. The molecule has 3 amide bonds. The highest BCUT2D eigenvalue weighted by atomic mass is 35.5. The maximum atomic E-state index is 14.2. The molecule has 5 N–H and O–H groups in total. The maximum absolute atomic E-state index is 14.2. The van der Waals surface area contributed by atoms with E-state index < -0.39 is 17.9 Å². The molecule has 0 saturated heterocycles. The predicted molar refractivity (Wildman–Crippen MR) is 154 cm³/mol. The van der Waals surface area contributed by atoms with Gasteiger partial charge >= 0.3 is 0 Å². The van der Waals surface area contributed by atoms with Gasteiger partial charge in [-0.05, 0) is 53.7 Å². The number of primary amides is 1. The Morgan fingerprint density at radius 2 is 1.80 bits per heavy atom. The van der Waals surface area contributed by atoms with Gasteiger partial charge in [0, 0.05) is 17.6 Å². The number of benzene rings is 2. The molecule has 212 valence electrons. The van der Waals surface area contributed by atoms with Crippen molar-refractivity contribution in [3.8, 4) is 11.5 Å². The van der Waals surface area contributed by atoms with Gasteiger partial charge in [0.15, 0.2) is 17.2 Å². The van der Waals surface area contributed by atoms with Crippen molar-refractivity contribution < 1.29 is 23.9 Å². The fourth-order valence-corrected chi connectivity index (χ4v) is 5.83. The van der Waals surface area contributed by atoms with Gasteiger partial charge in [0.1, 0.15) is 10.9 Å². The SMILES string of the molecule is COc1ccc([C@@H](C(=O)NC2CCCCC2)N(Cc2ccccc2Cl)C(=O)c2snc(C(N)=O)c2N)cc1OC. The second-order valence-corrected chi connectivity index (χ2v) is 10.7. The highest BCUT2D eigenvalue weighted by Gasteiger charge is 2.36. The Hall–Kier alpha value is -3.83. The molecule has 2 aromatic carbocycles. The highest BCUT2D eigenvalue weighted by Crippen LogP contribution is 2.36. The van der Waals surface area contributed by atoms with Gasteiger partial charge < -0.3 is 31.2 Å². The van der Waals surface area contributed by atoms with Crippen molar-refractivity contribution in [2.75, 3.05) is 20.0 Å². The van der Waals surface area contributed by atoms with Crippen LogP contribution in [0, 0.1) is 0 Å². The van der Waals surface area contributed by atoms with Crippen LogP contribution in [0.2, 0.25) is 5.02 Å². The van der Waals surface area contributed by atoms with Crippen molar-refractivity contribution in [1.29, 1.82) is 0 Å². The average Bonchev–Trinajstić information content (AvgIpc) is 3.35. The molecule has 3 aromatic rings. The van der Waals surface area contributed by atoms with E-state index >= 15 is 0 Å². The lowest BCUT2D eigenvalue weighted by Crippen LogP contribution is -2.46. The van der Waals surface area contributed by atoms with Crippen molar-refractivity contribution in [2.45, 2.75) is 50.7 Å². The minimum atomic E-state index is -1.11. The third kappa shape index (κ3) is 6.31. The summed E-state index contributed by atoms with van der Waals surface area (Å²) in [4.78, 5) is 41.5. The van der Waals surface area contributed by atoms with Gasteiger partial charge in [-0.3, -0.25) is 14.4 Å². The fourth-order valence-electron chi connectivity index (χ4n) is 4.87. The normalized spacial score (nSPS) is 14.3. The standard InChI is InChI=1S/C28H32ClN5O5S/c1-38-20-13-12-16(14-21(20)39-2)24(27(36)32-18-9-4-3-5-10-18)34(15-17-8-6-7-11-19(17)29)28(37)25-22(30)23(26(31)35)33-40-25/h6-8,11-14,18,24H,3-5,9-10,15,30H2,1-2H3,(H2,31,35)(H,32,36)/t24-/m0/s1. The van der Waals surface area contributed by atoms with E-state index in [1.807, 2.05) is 0 Å². The molecule has 12 heteroatoms. The van der Waals surface area contributed by atoms with Crippen molar-refractivity contribution in [3.05, 3.63) is 69.2 Å². The molecule has 1 aliphatic carbocycles.